The maximum atomic E-state index is 12.2. The van der Waals surface area contributed by atoms with Gasteiger partial charge in [-0.2, -0.15) is 0 Å². The lowest BCUT2D eigenvalue weighted by atomic mass is 10.0. The molecule has 0 saturated carbocycles. The van der Waals surface area contributed by atoms with Crippen molar-refractivity contribution in [3.63, 3.8) is 0 Å². The molecule has 0 bridgehead atoms. The summed E-state index contributed by atoms with van der Waals surface area (Å²) in [6.45, 7) is 8.02. The van der Waals surface area contributed by atoms with Gasteiger partial charge in [0.25, 0.3) is 0 Å². The van der Waals surface area contributed by atoms with Crippen molar-refractivity contribution < 1.29 is 9.90 Å². The van der Waals surface area contributed by atoms with Crippen molar-refractivity contribution in [2.24, 2.45) is 0 Å². The van der Waals surface area contributed by atoms with Crippen LogP contribution < -0.4 is 0 Å². The van der Waals surface area contributed by atoms with Gasteiger partial charge >= 0.3 is 0 Å². The number of phenols is 1. The van der Waals surface area contributed by atoms with E-state index in [1.807, 2.05) is 37.9 Å². The first-order valence-electron chi connectivity index (χ1n) is 7.30. The highest BCUT2D eigenvalue weighted by Gasteiger charge is 2.19. The Balaban J connectivity index is 2.74. The molecule has 0 aliphatic heterocycles. The maximum absolute atomic E-state index is 12.2. The molecule has 1 atom stereocenters. The first-order valence-corrected chi connectivity index (χ1v) is 7.30. The molecule has 1 aromatic carbocycles. The third kappa shape index (κ3) is 4.23. The summed E-state index contributed by atoms with van der Waals surface area (Å²) in [5.74, 6) is 0.431. The van der Waals surface area contributed by atoms with Crippen LogP contribution in [-0.4, -0.2) is 47.5 Å². The van der Waals surface area contributed by atoms with Crippen LogP contribution in [0, 0.1) is 0 Å². The van der Waals surface area contributed by atoms with Crippen molar-refractivity contribution in [2.75, 3.05) is 26.7 Å². The van der Waals surface area contributed by atoms with Crippen molar-refractivity contribution >= 4 is 5.91 Å². The Labute approximate surface area is 122 Å². The third-order valence-corrected chi connectivity index (χ3v) is 3.70. The van der Waals surface area contributed by atoms with Gasteiger partial charge in [0, 0.05) is 19.1 Å². The number of rotatable bonds is 7. The normalized spacial score (nSPS) is 12.4. The topological polar surface area (TPSA) is 43.8 Å². The Morgan fingerprint density at radius 2 is 1.70 bits per heavy atom. The fourth-order valence-electron chi connectivity index (χ4n) is 2.50. The van der Waals surface area contributed by atoms with Crippen LogP contribution in [0.15, 0.2) is 24.3 Å². The fraction of sp³-hybridized carbons (Fsp3) is 0.562. The molecule has 4 heteroatoms. The van der Waals surface area contributed by atoms with Crippen molar-refractivity contribution in [1.29, 1.82) is 0 Å². The van der Waals surface area contributed by atoms with Crippen molar-refractivity contribution in [1.82, 2.24) is 9.80 Å². The summed E-state index contributed by atoms with van der Waals surface area (Å²) in [5.41, 5.74) is 1.13. The summed E-state index contributed by atoms with van der Waals surface area (Å²) >= 11 is 0. The van der Waals surface area contributed by atoms with Crippen LogP contribution >= 0.6 is 0 Å². The summed E-state index contributed by atoms with van der Waals surface area (Å²) < 4.78 is 0. The first kappa shape index (κ1) is 16.5. The SMILES string of the molecule is CCC(c1ccc(O)cc1)N(C)CC(=O)N(CC)CC. The molecule has 1 rings (SSSR count). The summed E-state index contributed by atoms with van der Waals surface area (Å²) in [4.78, 5) is 16.1. The van der Waals surface area contributed by atoms with Crippen molar-refractivity contribution in [3.8, 4) is 5.75 Å². The van der Waals surface area contributed by atoms with Gasteiger partial charge in [0.15, 0.2) is 0 Å². The Morgan fingerprint density at radius 1 is 1.15 bits per heavy atom. The minimum atomic E-state index is 0.162. The number of nitrogens with zero attached hydrogens (tertiary/aromatic N) is 2. The molecule has 0 aliphatic rings. The third-order valence-electron chi connectivity index (χ3n) is 3.70. The average Bonchev–Trinajstić information content (AvgIpc) is 2.43. The largest absolute Gasteiger partial charge is 0.508 e. The second kappa shape index (κ2) is 7.90. The smallest absolute Gasteiger partial charge is 0.236 e. The van der Waals surface area contributed by atoms with Gasteiger partial charge in [0.1, 0.15) is 5.75 Å². The summed E-state index contributed by atoms with van der Waals surface area (Å²) in [6, 6.07) is 7.41. The van der Waals surface area contributed by atoms with Gasteiger partial charge in [-0.25, -0.2) is 0 Å². The van der Waals surface area contributed by atoms with Gasteiger partial charge in [0.05, 0.1) is 6.54 Å². The molecule has 1 amide bonds. The van der Waals surface area contributed by atoms with E-state index in [0.717, 1.165) is 25.1 Å². The number of carbonyl (C=O) groups excluding carboxylic acids is 1. The number of hydrogen-bond donors (Lipinski definition) is 1. The zero-order valence-corrected chi connectivity index (χ0v) is 13.0. The predicted octanol–water partition coefficient (Wildman–Crippen LogP) is 2.64. The van der Waals surface area contributed by atoms with Gasteiger partial charge in [-0.3, -0.25) is 9.69 Å². The molecule has 0 radical (unpaired) electrons. The molecule has 0 spiro atoms. The highest BCUT2D eigenvalue weighted by Crippen LogP contribution is 2.24. The quantitative estimate of drug-likeness (QED) is 0.834. The fourth-order valence-corrected chi connectivity index (χ4v) is 2.50. The van der Waals surface area contributed by atoms with Crippen LogP contribution in [0.4, 0.5) is 0 Å². The standard InChI is InChI=1S/C16H26N2O2/c1-5-15(13-8-10-14(19)11-9-13)17(4)12-16(20)18(6-2)7-3/h8-11,15,19H,5-7,12H2,1-4H3. The van der Waals surface area contributed by atoms with E-state index in [0.29, 0.717) is 6.54 Å². The molecule has 0 saturated heterocycles. The number of benzene rings is 1. The number of hydrogen-bond acceptors (Lipinski definition) is 3. The molecule has 20 heavy (non-hydrogen) atoms. The number of carbonyl (C=O) groups is 1. The Hall–Kier alpha value is -1.55. The molecule has 0 aliphatic carbocycles. The van der Waals surface area contributed by atoms with Crippen LogP contribution in [-0.2, 0) is 4.79 Å². The van der Waals surface area contributed by atoms with E-state index < -0.39 is 0 Å². The lowest BCUT2D eigenvalue weighted by molar-refractivity contribution is -0.132. The number of likely N-dealkylation sites (N-methyl/N-ethyl adjacent to an activating group) is 2. The Kier molecular flexibility index (Phi) is 6.52. The van der Waals surface area contributed by atoms with E-state index in [9.17, 15) is 9.90 Å². The van der Waals surface area contributed by atoms with Crippen molar-refractivity contribution in [3.05, 3.63) is 29.8 Å². The summed E-state index contributed by atoms with van der Waals surface area (Å²) in [5, 5.41) is 9.36. The molecule has 0 heterocycles. The van der Waals surface area contributed by atoms with E-state index in [-0.39, 0.29) is 17.7 Å². The zero-order chi connectivity index (χ0) is 15.1. The minimum Gasteiger partial charge on any atom is -0.508 e. The van der Waals surface area contributed by atoms with E-state index in [4.69, 9.17) is 0 Å². The van der Waals surface area contributed by atoms with E-state index >= 15 is 0 Å². The second-order valence-electron chi connectivity index (χ2n) is 5.00. The van der Waals surface area contributed by atoms with Crippen LogP contribution in [0.25, 0.3) is 0 Å². The number of aromatic hydroxyl groups is 1. The highest BCUT2D eigenvalue weighted by atomic mass is 16.3. The Bertz CT molecular complexity index is 413. The zero-order valence-electron chi connectivity index (χ0n) is 13.0. The van der Waals surface area contributed by atoms with Crippen LogP contribution in [0.3, 0.4) is 0 Å². The number of phenolic OH excluding ortho intramolecular Hbond substituents is 1. The van der Waals surface area contributed by atoms with Gasteiger partial charge < -0.3 is 10.0 Å². The van der Waals surface area contributed by atoms with Gasteiger partial charge in [-0.1, -0.05) is 19.1 Å². The number of amides is 1. The van der Waals surface area contributed by atoms with Gasteiger partial charge in [-0.15, -0.1) is 0 Å². The van der Waals surface area contributed by atoms with E-state index in [2.05, 4.69) is 11.8 Å². The van der Waals surface area contributed by atoms with Crippen molar-refractivity contribution in [2.45, 2.75) is 33.2 Å². The molecular formula is C16H26N2O2. The summed E-state index contributed by atoms with van der Waals surface area (Å²) in [7, 11) is 1.97. The molecule has 1 aromatic rings. The van der Waals surface area contributed by atoms with E-state index in [1.165, 1.54) is 0 Å². The second-order valence-corrected chi connectivity index (χ2v) is 5.00. The highest BCUT2D eigenvalue weighted by molar-refractivity contribution is 5.78. The maximum Gasteiger partial charge on any atom is 0.236 e. The summed E-state index contributed by atoms with van der Waals surface area (Å²) in [6.07, 6.45) is 0.923. The molecule has 1 unspecified atom stereocenters. The van der Waals surface area contributed by atoms with E-state index in [1.54, 1.807) is 12.1 Å². The molecule has 0 aromatic heterocycles. The first-order chi connectivity index (χ1) is 9.53. The average molecular weight is 278 g/mol. The predicted molar refractivity (Wildman–Crippen MR) is 81.7 cm³/mol. The lowest BCUT2D eigenvalue weighted by Crippen LogP contribution is -2.40. The van der Waals surface area contributed by atoms with Crippen LogP contribution in [0.1, 0.15) is 38.8 Å². The molecular weight excluding hydrogens is 252 g/mol. The Morgan fingerprint density at radius 3 is 2.15 bits per heavy atom. The van der Waals surface area contributed by atoms with Gasteiger partial charge in [-0.05, 0) is 45.0 Å². The molecule has 0 fully saturated rings. The van der Waals surface area contributed by atoms with Crippen LogP contribution in [0.2, 0.25) is 0 Å². The lowest BCUT2D eigenvalue weighted by Gasteiger charge is -2.29. The van der Waals surface area contributed by atoms with Crippen LogP contribution in [0.5, 0.6) is 5.75 Å². The molecule has 112 valence electrons. The minimum absolute atomic E-state index is 0.162. The molecule has 1 N–H and O–H groups in total. The van der Waals surface area contributed by atoms with Gasteiger partial charge in [0.2, 0.25) is 5.91 Å². The monoisotopic (exact) mass is 278 g/mol. The molecule has 4 nitrogen and oxygen atoms in total.